The maximum atomic E-state index is 12.4. The maximum Gasteiger partial charge on any atom is 0.265 e. The fraction of sp³-hybridized carbons (Fsp3) is 0.471. The van der Waals surface area contributed by atoms with Gasteiger partial charge in [0.15, 0.2) is 0 Å². The Balaban J connectivity index is 0.00000127. The van der Waals surface area contributed by atoms with Crippen molar-refractivity contribution in [3.8, 4) is 5.75 Å². The third kappa shape index (κ3) is 5.19. The van der Waals surface area contributed by atoms with Crippen LogP contribution in [0.15, 0.2) is 24.3 Å². The Bertz CT molecular complexity index is 612. The van der Waals surface area contributed by atoms with E-state index in [1.807, 2.05) is 30.1 Å². The molecule has 0 bridgehead atoms. The van der Waals surface area contributed by atoms with Crippen LogP contribution >= 0.6 is 27.3 Å². The predicted octanol–water partition coefficient (Wildman–Crippen LogP) is 3.99. The maximum absolute atomic E-state index is 12.4. The second-order valence-corrected chi connectivity index (χ2v) is 5.80. The van der Waals surface area contributed by atoms with Gasteiger partial charge < -0.3 is 15.0 Å². The number of alkyl halides is 1. The van der Waals surface area contributed by atoms with Crippen LogP contribution in [0.3, 0.4) is 0 Å². The molecule has 0 fully saturated rings. The van der Waals surface area contributed by atoms with Crippen LogP contribution in [0.4, 0.5) is 0 Å². The summed E-state index contributed by atoms with van der Waals surface area (Å²) in [6, 6.07) is 7.92. The van der Waals surface area contributed by atoms with E-state index in [-0.39, 0.29) is 5.91 Å². The number of nitrogens with zero attached hydrogens (tertiary/aromatic N) is 1. The molecule has 1 aromatic carbocycles. The fourth-order valence-corrected chi connectivity index (χ4v) is 3.41. The summed E-state index contributed by atoms with van der Waals surface area (Å²) in [6.07, 6.45) is 0. The van der Waals surface area contributed by atoms with Gasteiger partial charge in [0.1, 0.15) is 10.6 Å². The van der Waals surface area contributed by atoms with Gasteiger partial charge in [-0.15, -0.1) is 11.3 Å². The van der Waals surface area contributed by atoms with Crippen LogP contribution in [-0.4, -0.2) is 49.9 Å². The first-order chi connectivity index (χ1) is 11.2. The SMILES string of the molecule is CBr.CCN(CC)CCNC(=O)c1sc2ccccc2c1OC. The van der Waals surface area contributed by atoms with Crippen molar-refractivity contribution in [3.63, 3.8) is 0 Å². The standard InChI is InChI=1S/C16H22N2O2S.CH3Br/c1-4-18(5-2)11-10-17-16(19)15-14(20-3)12-8-6-7-9-13(12)21-15;1-2/h6-9H,4-5,10-11H2,1-3H3,(H,17,19);1H3. The van der Waals surface area contributed by atoms with Crippen LogP contribution in [0.25, 0.3) is 10.1 Å². The highest BCUT2D eigenvalue weighted by Crippen LogP contribution is 2.37. The molecule has 1 amide bonds. The van der Waals surface area contributed by atoms with E-state index in [4.69, 9.17) is 4.74 Å². The number of halogens is 1. The first kappa shape index (κ1) is 19.9. The van der Waals surface area contributed by atoms with Crippen molar-refractivity contribution in [2.75, 3.05) is 39.1 Å². The van der Waals surface area contributed by atoms with Crippen LogP contribution in [0.1, 0.15) is 23.5 Å². The molecule has 0 aliphatic heterocycles. The molecule has 4 nitrogen and oxygen atoms in total. The summed E-state index contributed by atoms with van der Waals surface area (Å²) in [7, 11) is 1.61. The van der Waals surface area contributed by atoms with Gasteiger partial charge in [0, 0.05) is 23.2 Å². The molecule has 0 atom stereocenters. The van der Waals surface area contributed by atoms with Crippen LogP contribution < -0.4 is 10.1 Å². The number of hydrogen-bond acceptors (Lipinski definition) is 4. The van der Waals surface area contributed by atoms with Crippen molar-refractivity contribution in [2.45, 2.75) is 13.8 Å². The molecule has 0 spiro atoms. The smallest absolute Gasteiger partial charge is 0.265 e. The van der Waals surface area contributed by atoms with Gasteiger partial charge in [-0.05, 0) is 31.1 Å². The van der Waals surface area contributed by atoms with E-state index in [1.165, 1.54) is 11.3 Å². The van der Waals surface area contributed by atoms with Crippen LogP contribution in [0.5, 0.6) is 5.75 Å². The van der Waals surface area contributed by atoms with Gasteiger partial charge in [-0.3, -0.25) is 4.79 Å². The van der Waals surface area contributed by atoms with E-state index < -0.39 is 0 Å². The lowest BCUT2D eigenvalue weighted by Crippen LogP contribution is -2.34. The number of likely N-dealkylation sites (N-methyl/N-ethyl adjacent to an activating group) is 1. The van der Waals surface area contributed by atoms with Gasteiger partial charge in [-0.2, -0.15) is 0 Å². The molecule has 0 aliphatic carbocycles. The Labute approximate surface area is 150 Å². The lowest BCUT2D eigenvalue weighted by atomic mass is 10.2. The van der Waals surface area contributed by atoms with Gasteiger partial charge in [-0.25, -0.2) is 0 Å². The van der Waals surface area contributed by atoms with Crippen molar-refractivity contribution >= 4 is 43.3 Å². The van der Waals surface area contributed by atoms with Gasteiger partial charge >= 0.3 is 0 Å². The molecule has 0 radical (unpaired) electrons. The molecular formula is C17H25BrN2O2S. The monoisotopic (exact) mass is 400 g/mol. The minimum Gasteiger partial charge on any atom is -0.494 e. The largest absolute Gasteiger partial charge is 0.494 e. The van der Waals surface area contributed by atoms with Gasteiger partial charge in [0.25, 0.3) is 5.91 Å². The van der Waals surface area contributed by atoms with Crippen LogP contribution in [-0.2, 0) is 0 Å². The molecule has 23 heavy (non-hydrogen) atoms. The Morgan fingerprint density at radius 1 is 1.26 bits per heavy atom. The zero-order chi connectivity index (χ0) is 17.2. The molecule has 128 valence electrons. The lowest BCUT2D eigenvalue weighted by Gasteiger charge is -2.17. The highest BCUT2D eigenvalue weighted by molar-refractivity contribution is 9.08. The number of benzene rings is 1. The minimum absolute atomic E-state index is 0.0554. The third-order valence-corrected chi connectivity index (χ3v) is 4.72. The van der Waals surface area contributed by atoms with E-state index in [0.717, 1.165) is 29.7 Å². The number of hydrogen-bond donors (Lipinski definition) is 1. The van der Waals surface area contributed by atoms with Gasteiger partial charge in [0.2, 0.25) is 0 Å². The fourth-order valence-electron chi connectivity index (χ4n) is 2.32. The topological polar surface area (TPSA) is 41.6 Å². The van der Waals surface area contributed by atoms with Crippen molar-refractivity contribution in [1.82, 2.24) is 10.2 Å². The summed E-state index contributed by atoms with van der Waals surface area (Å²) in [5, 5.41) is 3.98. The molecule has 2 rings (SSSR count). The molecule has 0 unspecified atom stereocenters. The number of fused-ring (bicyclic) bond motifs is 1. The average Bonchev–Trinajstić information content (AvgIpc) is 2.99. The second kappa shape index (κ2) is 10.6. The Hall–Kier alpha value is -1.11. The van der Waals surface area contributed by atoms with Crippen molar-refractivity contribution < 1.29 is 9.53 Å². The Morgan fingerprint density at radius 2 is 1.91 bits per heavy atom. The van der Waals surface area contributed by atoms with Crippen LogP contribution in [0.2, 0.25) is 0 Å². The number of rotatable bonds is 7. The number of amides is 1. The zero-order valence-electron chi connectivity index (χ0n) is 14.2. The first-order valence-electron chi connectivity index (χ1n) is 7.65. The highest BCUT2D eigenvalue weighted by atomic mass is 79.9. The number of nitrogens with one attached hydrogen (secondary N) is 1. The normalized spacial score (nSPS) is 10.3. The van der Waals surface area contributed by atoms with E-state index in [2.05, 4.69) is 40.0 Å². The summed E-state index contributed by atoms with van der Waals surface area (Å²) in [5.74, 6) is 2.43. The van der Waals surface area contributed by atoms with E-state index in [9.17, 15) is 4.79 Å². The molecular weight excluding hydrogens is 376 g/mol. The van der Waals surface area contributed by atoms with Gasteiger partial charge in [-0.1, -0.05) is 41.9 Å². The highest BCUT2D eigenvalue weighted by Gasteiger charge is 2.18. The molecule has 0 saturated carbocycles. The molecule has 1 N–H and O–H groups in total. The zero-order valence-corrected chi connectivity index (χ0v) is 16.6. The quantitative estimate of drug-likeness (QED) is 0.714. The Kier molecular flexibility index (Phi) is 9.21. The second-order valence-electron chi connectivity index (χ2n) is 4.74. The van der Waals surface area contributed by atoms with Crippen molar-refractivity contribution in [1.29, 1.82) is 0 Å². The molecule has 1 aromatic heterocycles. The summed E-state index contributed by atoms with van der Waals surface area (Å²) >= 11 is 4.41. The summed E-state index contributed by atoms with van der Waals surface area (Å²) < 4.78 is 6.50. The number of thiophene rings is 1. The predicted molar refractivity (Wildman–Crippen MR) is 103 cm³/mol. The number of carbonyl (C=O) groups is 1. The molecule has 2 aromatic rings. The van der Waals surface area contributed by atoms with Crippen molar-refractivity contribution in [2.24, 2.45) is 0 Å². The van der Waals surface area contributed by atoms with E-state index in [0.29, 0.717) is 17.2 Å². The minimum atomic E-state index is -0.0554. The average molecular weight is 401 g/mol. The summed E-state index contributed by atoms with van der Waals surface area (Å²) in [4.78, 5) is 15.3. The van der Waals surface area contributed by atoms with E-state index in [1.54, 1.807) is 7.11 Å². The van der Waals surface area contributed by atoms with Crippen LogP contribution in [0, 0.1) is 0 Å². The third-order valence-electron chi connectivity index (χ3n) is 3.57. The number of carbonyl (C=O) groups excluding carboxylic acids is 1. The van der Waals surface area contributed by atoms with Crippen molar-refractivity contribution in [3.05, 3.63) is 29.1 Å². The first-order valence-corrected chi connectivity index (χ1v) is 10.0. The molecule has 6 heteroatoms. The molecule has 0 saturated heterocycles. The lowest BCUT2D eigenvalue weighted by molar-refractivity contribution is 0.0950. The van der Waals surface area contributed by atoms with Gasteiger partial charge in [0.05, 0.1) is 7.11 Å². The summed E-state index contributed by atoms with van der Waals surface area (Å²) in [5.41, 5.74) is 0. The number of ether oxygens (including phenoxy) is 1. The molecule has 0 aliphatic rings. The number of methoxy groups -OCH3 is 1. The molecule has 1 heterocycles. The Morgan fingerprint density at radius 3 is 2.52 bits per heavy atom. The summed E-state index contributed by atoms with van der Waals surface area (Å²) in [6.45, 7) is 7.77. The van der Waals surface area contributed by atoms with E-state index >= 15 is 0 Å².